The van der Waals surface area contributed by atoms with Crippen LogP contribution in [0.25, 0.3) is 16.7 Å². The standard InChI is InChI=1S/C14H12N6/c1-10-2-4-13-12(6-10)17-18-19(13)7-11-3-5-14-15-9-16-20(14)8-11/h2-6,8-9H,7H2,1H3. The molecule has 4 rings (SSSR count). The summed E-state index contributed by atoms with van der Waals surface area (Å²) in [6.07, 6.45) is 3.51. The van der Waals surface area contributed by atoms with Crippen LogP contribution in [0.5, 0.6) is 0 Å². The third kappa shape index (κ3) is 1.73. The quantitative estimate of drug-likeness (QED) is 0.554. The van der Waals surface area contributed by atoms with Gasteiger partial charge in [-0.1, -0.05) is 17.3 Å². The van der Waals surface area contributed by atoms with E-state index in [4.69, 9.17) is 0 Å². The molecule has 0 N–H and O–H groups in total. The van der Waals surface area contributed by atoms with Crippen LogP contribution in [0, 0.1) is 6.92 Å². The maximum Gasteiger partial charge on any atom is 0.155 e. The van der Waals surface area contributed by atoms with Crippen molar-refractivity contribution in [2.75, 3.05) is 0 Å². The summed E-state index contributed by atoms with van der Waals surface area (Å²) in [6.45, 7) is 2.71. The molecule has 0 fully saturated rings. The molecule has 6 heteroatoms. The molecule has 4 aromatic rings. The van der Waals surface area contributed by atoms with Gasteiger partial charge in [-0.05, 0) is 36.2 Å². The topological polar surface area (TPSA) is 60.9 Å². The van der Waals surface area contributed by atoms with Crippen molar-refractivity contribution in [3.63, 3.8) is 0 Å². The molecule has 0 atom stereocenters. The average molecular weight is 264 g/mol. The van der Waals surface area contributed by atoms with Crippen molar-refractivity contribution < 1.29 is 0 Å². The lowest BCUT2D eigenvalue weighted by atomic mass is 10.2. The predicted molar refractivity (Wildman–Crippen MR) is 74.4 cm³/mol. The van der Waals surface area contributed by atoms with Crippen molar-refractivity contribution in [1.29, 1.82) is 0 Å². The van der Waals surface area contributed by atoms with Crippen LogP contribution in [0.1, 0.15) is 11.1 Å². The van der Waals surface area contributed by atoms with Crippen molar-refractivity contribution in [1.82, 2.24) is 29.6 Å². The van der Waals surface area contributed by atoms with E-state index in [1.165, 1.54) is 5.56 Å². The second kappa shape index (κ2) is 4.12. The molecule has 0 aliphatic carbocycles. The zero-order valence-corrected chi connectivity index (χ0v) is 10.9. The van der Waals surface area contributed by atoms with Gasteiger partial charge in [-0.25, -0.2) is 14.2 Å². The molecule has 0 unspecified atom stereocenters. The molecule has 0 saturated carbocycles. The number of aryl methyl sites for hydroxylation is 1. The Morgan fingerprint density at radius 2 is 2.10 bits per heavy atom. The third-order valence-electron chi connectivity index (χ3n) is 3.34. The van der Waals surface area contributed by atoms with Crippen LogP contribution in [-0.2, 0) is 6.54 Å². The minimum Gasteiger partial charge on any atom is -0.240 e. The van der Waals surface area contributed by atoms with Crippen LogP contribution < -0.4 is 0 Å². The fourth-order valence-corrected chi connectivity index (χ4v) is 2.32. The highest BCUT2D eigenvalue weighted by molar-refractivity contribution is 5.75. The van der Waals surface area contributed by atoms with Crippen LogP contribution in [0.4, 0.5) is 0 Å². The largest absolute Gasteiger partial charge is 0.240 e. The molecule has 1 aromatic carbocycles. The molecule has 20 heavy (non-hydrogen) atoms. The van der Waals surface area contributed by atoms with Crippen LogP contribution in [0.2, 0.25) is 0 Å². The van der Waals surface area contributed by atoms with E-state index in [-0.39, 0.29) is 0 Å². The smallest absolute Gasteiger partial charge is 0.155 e. The first kappa shape index (κ1) is 11.1. The first-order chi connectivity index (χ1) is 9.79. The molecular formula is C14H12N6. The Morgan fingerprint density at radius 1 is 1.15 bits per heavy atom. The zero-order valence-electron chi connectivity index (χ0n) is 10.9. The van der Waals surface area contributed by atoms with Gasteiger partial charge in [-0.2, -0.15) is 5.10 Å². The van der Waals surface area contributed by atoms with Crippen molar-refractivity contribution in [3.05, 3.63) is 54.0 Å². The van der Waals surface area contributed by atoms with Gasteiger partial charge in [0.25, 0.3) is 0 Å². The monoisotopic (exact) mass is 264 g/mol. The van der Waals surface area contributed by atoms with E-state index in [1.54, 1.807) is 10.8 Å². The minimum absolute atomic E-state index is 0.662. The van der Waals surface area contributed by atoms with Crippen molar-refractivity contribution in [3.8, 4) is 0 Å². The second-order valence-electron chi connectivity index (χ2n) is 4.84. The maximum atomic E-state index is 4.22. The van der Waals surface area contributed by atoms with Crippen LogP contribution >= 0.6 is 0 Å². The molecule has 0 aliphatic heterocycles. The van der Waals surface area contributed by atoms with Gasteiger partial charge in [-0.3, -0.25) is 0 Å². The van der Waals surface area contributed by atoms with Gasteiger partial charge in [0.05, 0.1) is 12.1 Å². The Morgan fingerprint density at radius 3 is 3.05 bits per heavy atom. The summed E-state index contributed by atoms with van der Waals surface area (Å²) in [4.78, 5) is 4.13. The molecule has 6 nitrogen and oxygen atoms in total. The highest BCUT2D eigenvalue weighted by atomic mass is 15.4. The molecule has 0 saturated heterocycles. The van der Waals surface area contributed by atoms with Crippen LogP contribution in [0.15, 0.2) is 42.9 Å². The first-order valence-corrected chi connectivity index (χ1v) is 6.38. The van der Waals surface area contributed by atoms with Gasteiger partial charge in [0.15, 0.2) is 5.65 Å². The Labute approximate surface area is 114 Å². The lowest BCUT2D eigenvalue weighted by Gasteiger charge is -2.03. The summed E-state index contributed by atoms with van der Waals surface area (Å²) in [5.74, 6) is 0. The SMILES string of the molecule is Cc1ccc2c(c1)nnn2Cc1ccc2ncnn2c1. The van der Waals surface area contributed by atoms with Crippen LogP contribution in [0.3, 0.4) is 0 Å². The van der Waals surface area contributed by atoms with Gasteiger partial charge in [0, 0.05) is 6.20 Å². The van der Waals surface area contributed by atoms with Crippen molar-refractivity contribution in [2.24, 2.45) is 0 Å². The lowest BCUT2D eigenvalue weighted by molar-refractivity contribution is 0.666. The summed E-state index contributed by atoms with van der Waals surface area (Å²) < 4.78 is 3.66. The molecule has 0 spiro atoms. The Balaban J connectivity index is 1.76. The molecule has 0 aliphatic rings. The highest BCUT2D eigenvalue weighted by Crippen LogP contribution is 2.14. The Hall–Kier alpha value is -2.76. The summed E-state index contributed by atoms with van der Waals surface area (Å²) in [7, 11) is 0. The van der Waals surface area contributed by atoms with E-state index in [2.05, 4.69) is 39.5 Å². The van der Waals surface area contributed by atoms with Crippen molar-refractivity contribution in [2.45, 2.75) is 13.5 Å². The number of hydrogen-bond acceptors (Lipinski definition) is 4. The summed E-state index contributed by atoms with van der Waals surface area (Å²) in [6, 6.07) is 10.2. The van der Waals surface area contributed by atoms with Gasteiger partial charge in [0.2, 0.25) is 0 Å². The fourth-order valence-electron chi connectivity index (χ4n) is 2.32. The van der Waals surface area contributed by atoms with E-state index < -0.39 is 0 Å². The fraction of sp³-hybridized carbons (Fsp3) is 0.143. The minimum atomic E-state index is 0.662. The van der Waals surface area contributed by atoms with E-state index in [1.807, 2.05) is 29.1 Å². The number of pyridine rings is 1. The molecule has 0 amide bonds. The third-order valence-corrected chi connectivity index (χ3v) is 3.34. The lowest BCUT2D eigenvalue weighted by Crippen LogP contribution is -2.03. The van der Waals surface area contributed by atoms with Gasteiger partial charge in [0.1, 0.15) is 11.8 Å². The second-order valence-corrected chi connectivity index (χ2v) is 4.84. The molecule has 3 aromatic heterocycles. The highest BCUT2D eigenvalue weighted by Gasteiger charge is 2.06. The maximum absolute atomic E-state index is 4.22. The Kier molecular flexibility index (Phi) is 2.29. The molecule has 0 bridgehead atoms. The average Bonchev–Trinajstić information content (AvgIpc) is 3.05. The molecule has 3 heterocycles. The van der Waals surface area contributed by atoms with Gasteiger partial charge >= 0.3 is 0 Å². The van der Waals surface area contributed by atoms with E-state index in [9.17, 15) is 0 Å². The van der Waals surface area contributed by atoms with Gasteiger partial charge in [-0.15, -0.1) is 5.10 Å². The summed E-state index contributed by atoms with van der Waals surface area (Å²) in [5, 5.41) is 12.6. The number of hydrogen-bond donors (Lipinski definition) is 0. The molecular weight excluding hydrogens is 252 g/mol. The molecule has 98 valence electrons. The normalized spacial score (nSPS) is 11.4. The van der Waals surface area contributed by atoms with E-state index >= 15 is 0 Å². The predicted octanol–water partition coefficient (Wildman–Crippen LogP) is 1.83. The van der Waals surface area contributed by atoms with Crippen molar-refractivity contribution >= 4 is 16.7 Å². The number of benzene rings is 1. The summed E-state index contributed by atoms with van der Waals surface area (Å²) >= 11 is 0. The first-order valence-electron chi connectivity index (χ1n) is 6.38. The summed E-state index contributed by atoms with van der Waals surface area (Å²) in [5.41, 5.74) is 5.10. The van der Waals surface area contributed by atoms with Crippen LogP contribution in [-0.4, -0.2) is 29.6 Å². The number of nitrogens with zero attached hydrogens (tertiary/aromatic N) is 6. The van der Waals surface area contributed by atoms with Gasteiger partial charge < -0.3 is 0 Å². The zero-order chi connectivity index (χ0) is 13.5. The number of fused-ring (bicyclic) bond motifs is 2. The van der Waals surface area contributed by atoms with E-state index in [0.717, 1.165) is 22.2 Å². The number of rotatable bonds is 2. The Bertz CT molecular complexity index is 904. The molecule has 0 radical (unpaired) electrons. The number of aromatic nitrogens is 6. The van der Waals surface area contributed by atoms with E-state index in [0.29, 0.717) is 6.54 Å².